The van der Waals surface area contributed by atoms with Crippen LogP contribution in [0.25, 0.3) is 5.65 Å². The molecular weight excluding hydrogens is 328 g/mol. The first-order valence-corrected chi connectivity index (χ1v) is 9.64. The Morgan fingerprint density at radius 3 is 2.88 bits per heavy atom. The zero-order chi connectivity index (χ0) is 17.5. The van der Waals surface area contributed by atoms with Gasteiger partial charge in [0.1, 0.15) is 5.76 Å². The molecule has 136 valence electrons. The zero-order valence-electron chi connectivity index (χ0n) is 15.2. The quantitative estimate of drug-likeness (QED) is 0.718. The number of aromatic nitrogens is 5. The van der Waals surface area contributed by atoms with Gasteiger partial charge in [0.15, 0.2) is 17.4 Å². The Balaban J connectivity index is 1.25. The number of oxazole rings is 1. The Morgan fingerprint density at radius 1 is 1.19 bits per heavy atom. The third-order valence-electron chi connectivity index (χ3n) is 5.74. The van der Waals surface area contributed by atoms with E-state index in [4.69, 9.17) is 9.52 Å². The Kier molecular flexibility index (Phi) is 3.96. The van der Waals surface area contributed by atoms with Crippen molar-refractivity contribution in [1.82, 2.24) is 29.7 Å². The Morgan fingerprint density at radius 2 is 2.08 bits per heavy atom. The molecule has 26 heavy (non-hydrogen) atoms. The van der Waals surface area contributed by atoms with E-state index in [1.54, 1.807) is 0 Å². The van der Waals surface area contributed by atoms with E-state index in [1.165, 1.54) is 17.7 Å². The first kappa shape index (κ1) is 15.9. The third-order valence-corrected chi connectivity index (χ3v) is 5.74. The van der Waals surface area contributed by atoms with Crippen LogP contribution in [0, 0.1) is 6.92 Å². The number of rotatable bonds is 4. The molecule has 1 aliphatic carbocycles. The van der Waals surface area contributed by atoms with Crippen molar-refractivity contribution < 1.29 is 4.42 Å². The average Bonchev–Trinajstić information content (AvgIpc) is 3.38. The molecule has 5 rings (SSSR count). The van der Waals surface area contributed by atoms with Crippen LogP contribution in [0.5, 0.6) is 0 Å². The number of piperidine rings is 1. The Labute approximate surface area is 152 Å². The predicted molar refractivity (Wildman–Crippen MR) is 96.2 cm³/mol. The van der Waals surface area contributed by atoms with Crippen molar-refractivity contribution in [2.24, 2.45) is 0 Å². The van der Waals surface area contributed by atoms with Gasteiger partial charge in [-0.05, 0) is 56.8 Å². The smallest absolute Gasteiger partial charge is 0.191 e. The molecule has 0 spiro atoms. The van der Waals surface area contributed by atoms with Crippen molar-refractivity contribution in [3.8, 4) is 0 Å². The van der Waals surface area contributed by atoms with E-state index in [0.29, 0.717) is 5.92 Å². The highest BCUT2D eigenvalue weighted by molar-refractivity contribution is 5.43. The minimum absolute atomic E-state index is 0.445. The molecule has 3 aromatic rings. The molecule has 4 heterocycles. The molecule has 0 radical (unpaired) electrons. The predicted octanol–water partition coefficient (Wildman–Crippen LogP) is 2.33. The highest BCUT2D eigenvalue weighted by Gasteiger charge is 2.26. The lowest BCUT2D eigenvalue weighted by molar-refractivity contribution is 0.207. The first-order valence-electron chi connectivity index (χ1n) is 9.64. The van der Waals surface area contributed by atoms with Gasteiger partial charge in [0.05, 0.1) is 11.9 Å². The van der Waals surface area contributed by atoms with E-state index in [2.05, 4.69) is 26.1 Å². The molecule has 0 N–H and O–H groups in total. The number of likely N-dealkylation sites (tertiary alicyclic amines) is 1. The maximum absolute atomic E-state index is 5.57. The van der Waals surface area contributed by atoms with E-state index in [0.717, 1.165) is 74.9 Å². The number of aryl methyl sites for hydroxylation is 3. The van der Waals surface area contributed by atoms with Gasteiger partial charge in [-0.2, -0.15) is 9.61 Å². The SMILES string of the molecule is Cc1ncc(CCN2CCC(c3nnc4cc5c(nn34)CCC5)CC2)o1. The summed E-state index contributed by atoms with van der Waals surface area (Å²) < 4.78 is 7.57. The molecule has 2 aliphatic rings. The second kappa shape index (κ2) is 6.46. The maximum atomic E-state index is 5.57. The van der Waals surface area contributed by atoms with Crippen LogP contribution in [0.4, 0.5) is 0 Å². The van der Waals surface area contributed by atoms with Crippen LogP contribution in [0.2, 0.25) is 0 Å². The van der Waals surface area contributed by atoms with Gasteiger partial charge >= 0.3 is 0 Å². The van der Waals surface area contributed by atoms with Crippen LogP contribution in [0.15, 0.2) is 16.7 Å². The number of hydrogen-bond acceptors (Lipinski definition) is 6. The minimum Gasteiger partial charge on any atom is -0.446 e. The van der Waals surface area contributed by atoms with Crippen LogP contribution in [-0.2, 0) is 19.3 Å². The van der Waals surface area contributed by atoms with Crippen LogP contribution in [0.1, 0.15) is 53.9 Å². The van der Waals surface area contributed by atoms with Crippen LogP contribution in [0.3, 0.4) is 0 Å². The van der Waals surface area contributed by atoms with Gasteiger partial charge in [-0.1, -0.05) is 0 Å². The van der Waals surface area contributed by atoms with Gasteiger partial charge in [-0.3, -0.25) is 0 Å². The second-order valence-electron chi connectivity index (χ2n) is 7.51. The molecule has 1 saturated heterocycles. The fraction of sp³-hybridized carbons (Fsp3) is 0.579. The summed E-state index contributed by atoms with van der Waals surface area (Å²) in [5.41, 5.74) is 3.50. The standard InChI is InChI=1S/C19H24N6O/c1-13-20-12-16(26-13)7-10-24-8-5-14(6-9-24)19-22-21-18-11-15-3-2-4-17(15)23-25(18)19/h11-12,14H,2-10H2,1H3. The summed E-state index contributed by atoms with van der Waals surface area (Å²) in [6, 6.07) is 2.18. The zero-order valence-corrected chi connectivity index (χ0v) is 15.2. The van der Waals surface area contributed by atoms with Gasteiger partial charge in [0.25, 0.3) is 0 Å². The molecule has 1 aliphatic heterocycles. The summed E-state index contributed by atoms with van der Waals surface area (Å²) in [4.78, 5) is 6.67. The normalized spacial score (nSPS) is 18.7. The van der Waals surface area contributed by atoms with Crippen LogP contribution in [-0.4, -0.2) is 49.3 Å². The molecule has 1 fully saturated rings. The van der Waals surface area contributed by atoms with Gasteiger partial charge in [0, 0.05) is 25.8 Å². The molecule has 7 heteroatoms. The van der Waals surface area contributed by atoms with E-state index in [1.807, 2.05) is 17.6 Å². The van der Waals surface area contributed by atoms with Crippen molar-refractivity contribution in [1.29, 1.82) is 0 Å². The molecule has 0 aromatic carbocycles. The summed E-state index contributed by atoms with van der Waals surface area (Å²) in [5, 5.41) is 13.7. The Hall–Kier alpha value is -2.28. The van der Waals surface area contributed by atoms with Gasteiger partial charge in [-0.15, -0.1) is 10.2 Å². The first-order chi connectivity index (χ1) is 12.8. The summed E-state index contributed by atoms with van der Waals surface area (Å²) in [5.74, 6) is 3.21. The van der Waals surface area contributed by atoms with Gasteiger partial charge in [0.2, 0.25) is 0 Å². The molecular formula is C19H24N6O. The van der Waals surface area contributed by atoms with E-state index in [9.17, 15) is 0 Å². The highest BCUT2D eigenvalue weighted by Crippen LogP contribution is 2.28. The van der Waals surface area contributed by atoms with Crippen molar-refractivity contribution in [3.05, 3.63) is 41.0 Å². The van der Waals surface area contributed by atoms with Crippen LogP contribution < -0.4 is 0 Å². The lowest BCUT2D eigenvalue weighted by Crippen LogP contribution is -2.35. The lowest BCUT2D eigenvalue weighted by atomic mass is 9.96. The number of nitrogens with zero attached hydrogens (tertiary/aromatic N) is 6. The highest BCUT2D eigenvalue weighted by atomic mass is 16.3. The van der Waals surface area contributed by atoms with E-state index < -0.39 is 0 Å². The van der Waals surface area contributed by atoms with Gasteiger partial charge < -0.3 is 9.32 Å². The van der Waals surface area contributed by atoms with Crippen LogP contribution >= 0.6 is 0 Å². The summed E-state index contributed by atoms with van der Waals surface area (Å²) in [7, 11) is 0. The lowest BCUT2D eigenvalue weighted by Gasteiger charge is -2.30. The number of hydrogen-bond donors (Lipinski definition) is 0. The van der Waals surface area contributed by atoms with Crippen molar-refractivity contribution in [3.63, 3.8) is 0 Å². The fourth-order valence-electron chi connectivity index (χ4n) is 4.25. The molecule has 0 atom stereocenters. The molecule has 0 amide bonds. The molecule has 0 saturated carbocycles. The third kappa shape index (κ3) is 2.90. The molecule has 0 unspecified atom stereocenters. The largest absolute Gasteiger partial charge is 0.446 e. The van der Waals surface area contributed by atoms with Gasteiger partial charge in [-0.25, -0.2) is 4.98 Å². The van der Waals surface area contributed by atoms with Crippen molar-refractivity contribution in [2.45, 2.75) is 51.4 Å². The second-order valence-corrected chi connectivity index (χ2v) is 7.51. The molecule has 0 bridgehead atoms. The van der Waals surface area contributed by atoms with Crippen molar-refractivity contribution >= 4 is 5.65 Å². The van der Waals surface area contributed by atoms with Crippen molar-refractivity contribution in [2.75, 3.05) is 19.6 Å². The monoisotopic (exact) mass is 352 g/mol. The topological polar surface area (TPSA) is 72.4 Å². The Bertz CT molecular complexity index is 921. The fourth-order valence-corrected chi connectivity index (χ4v) is 4.25. The average molecular weight is 352 g/mol. The minimum atomic E-state index is 0.445. The molecule has 3 aromatic heterocycles. The van der Waals surface area contributed by atoms with E-state index in [-0.39, 0.29) is 0 Å². The summed E-state index contributed by atoms with van der Waals surface area (Å²) in [6.45, 7) is 5.07. The van der Waals surface area contributed by atoms with E-state index >= 15 is 0 Å². The number of fused-ring (bicyclic) bond motifs is 2. The summed E-state index contributed by atoms with van der Waals surface area (Å²) in [6.07, 6.45) is 8.40. The summed E-state index contributed by atoms with van der Waals surface area (Å²) >= 11 is 0. The molecule has 7 nitrogen and oxygen atoms in total. The maximum Gasteiger partial charge on any atom is 0.191 e.